The van der Waals surface area contributed by atoms with Crippen LogP contribution in [0.1, 0.15) is 20.8 Å². The number of benzene rings is 1. The molecule has 0 heterocycles. The number of aliphatic carboxylic acids is 1. The zero-order valence-corrected chi connectivity index (χ0v) is 14.3. The van der Waals surface area contributed by atoms with E-state index in [1.165, 1.54) is 0 Å². The number of carboxylic acid groups (broad SMARTS) is 1. The number of urea groups is 1. The molecule has 1 aromatic carbocycles. The summed E-state index contributed by atoms with van der Waals surface area (Å²) in [5.74, 6) is -1.29. The number of anilines is 1. The van der Waals surface area contributed by atoms with Crippen LogP contribution in [0.15, 0.2) is 24.3 Å². The van der Waals surface area contributed by atoms with Crippen LogP contribution in [0.4, 0.5) is 15.3 Å². The van der Waals surface area contributed by atoms with Crippen LogP contribution in [0.3, 0.4) is 0 Å². The Morgan fingerprint density at radius 1 is 1.21 bits per heavy atom. The summed E-state index contributed by atoms with van der Waals surface area (Å²) in [6.07, 6.45) is -0.770. The minimum atomic E-state index is -1.31. The molecular formula is C15H20ClN3O5. The van der Waals surface area contributed by atoms with Crippen LogP contribution in [-0.2, 0) is 9.53 Å². The third-order valence-corrected chi connectivity index (χ3v) is 2.81. The first-order chi connectivity index (χ1) is 11.1. The third-order valence-electron chi connectivity index (χ3n) is 2.55. The lowest BCUT2D eigenvalue weighted by Crippen LogP contribution is -2.50. The maximum absolute atomic E-state index is 11.8. The van der Waals surface area contributed by atoms with Crippen LogP contribution >= 0.6 is 11.6 Å². The average molecular weight is 358 g/mol. The molecule has 3 amide bonds. The van der Waals surface area contributed by atoms with Crippen molar-refractivity contribution in [2.45, 2.75) is 32.4 Å². The van der Waals surface area contributed by atoms with Crippen molar-refractivity contribution in [1.29, 1.82) is 0 Å². The standard InChI is InChI=1S/C15H20ClN3O5/c1-15(2,3)24-14(23)17-8-11(12(20)21)19-13(22)18-10-6-4-9(16)5-7-10/h4-7,11H,8H2,1-3H3,(H,17,23)(H,20,21)(H2,18,19,22)/t11-/m1/s1. The van der Waals surface area contributed by atoms with E-state index in [1.54, 1.807) is 45.0 Å². The van der Waals surface area contributed by atoms with E-state index in [0.717, 1.165) is 0 Å². The Labute approximate surface area is 144 Å². The quantitative estimate of drug-likeness (QED) is 0.645. The monoisotopic (exact) mass is 357 g/mol. The molecule has 1 aromatic rings. The van der Waals surface area contributed by atoms with E-state index in [1.807, 2.05) is 0 Å². The number of hydrogen-bond acceptors (Lipinski definition) is 4. The van der Waals surface area contributed by atoms with Crippen molar-refractivity contribution in [2.75, 3.05) is 11.9 Å². The Morgan fingerprint density at radius 2 is 1.79 bits per heavy atom. The topological polar surface area (TPSA) is 117 Å². The predicted molar refractivity (Wildman–Crippen MR) is 89.3 cm³/mol. The van der Waals surface area contributed by atoms with Gasteiger partial charge in [-0.3, -0.25) is 0 Å². The van der Waals surface area contributed by atoms with E-state index in [0.29, 0.717) is 10.7 Å². The largest absolute Gasteiger partial charge is 0.480 e. The molecule has 1 atom stereocenters. The van der Waals surface area contributed by atoms with Crippen LogP contribution in [0, 0.1) is 0 Å². The second-order valence-electron chi connectivity index (χ2n) is 5.88. The molecular weight excluding hydrogens is 338 g/mol. The minimum Gasteiger partial charge on any atom is -0.480 e. The molecule has 9 heteroatoms. The molecule has 0 spiro atoms. The first-order valence-electron chi connectivity index (χ1n) is 7.09. The van der Waals surface area contributed by atoms with E-state index in [9.17, 15) is 14.4 Å². The van der Waals surface area contributed by atoms with Crippen LogP contribution < -0.4 is 16.0 Å². The number of amides is 3. The lowest BCUT2D eigenvalue weighted by Gasteiger charge is -2.21. The molecule has 0 fully saturated rings. The van der Waals surface area contributed by atoms with Crippen LogP contribution in [0.25, 0.3) is 0 Å². The van der Waals surface area contributed by atoms with Gasteiger partial charge in [0.2, 0.25) is 0 Å². The zero-order chi connectivity index (χ0) is 18.3. The highest BCUT2D eigenvalue weighted by Gasteiger charge is 2.22. The molecule has 0 aromatic heterocycles. The van der Waals surface area contributed by atoms with E-state index in [4.69, 9.17) is 21.4 Å². The summed E-state index contributed by atoms with van der Waals surface area (Å²) in [5, 5.41) is 16.6. The maximum Gasteiger partial charge on any atom is 0.407 e. The summed E-state index contributed by atoms with van der Waals surface area (Å²) in [5.41, 5.74) is -0.261. The van der Waals surface area contributed by atoms with Crippen molar-refractivity contribution in [2.24, 2.45) is 0 Å². The smallest absolute Gasteiger partial charge is 0.407 e. The number of carbonyl (C=O) groups is 3. The number of nitrogens with one attached hydrogen (secondary N) is 3. The van der Waals surface area contributed by atoms with Crippen molar-refractivity contribution in [3.05, 3.63) is 29.3 Å². The van der Waals surface area contributed by atoms with Gasteiger partial charge in [-0.1, -0.05) is 11.6 Å². The Kier molecular flexibility index (Phi) is 6.84. The molecule has 0 radical (unpaired) electrons. The molecule has 1 rings (SSSR count). The number of ether oxygens (including phenoxy) is 1. The normalized spacial score (nSPS) is 12.0. The van der Waals surface area contributed by atoms with E-state index in [-0.39, 0.29) is 6.54 Å². The number of hydrogen-bond donors (Lipinski definition) is 4. The fourth-order valence-electron chi connectivity index (χ4n) is 1.56. The van der Waals surface area contributed by atoms with E-state index in [2.05, 4.69) is 16.0 Å². The highest BCUT2D eigenvalue weighted by Crippen LogP contribution is 2.13. The first-order valence-corrected chi connectivity index (χ1v) is 7.47. The van der Waals surface area contributed by atoms with Gasteiger partial charge < -0.3 is 25.8 Å². The SMILES string of the molecule is CC(C)(C)OC(=O)NC[C@@H](NC(=O)Nc1ccc(Cl)cc1)C(=O)O. The van der Waals surface area contributed by atoms with Gasteiger partial charge in [0.25, 0.3) is 0 Å². The predicted octanol–water partition coefficient (Wildman–Crippen LogP) is 2.44. The molecule has 24 heavy (non-hydrogen) atoms. The number of rotatable bonds is 5. The number of alkyl carbamates (subject to hydrolysis) is 1. The van der Waals surface area contributed by atoms with Gasteiger partial charge in [0, 0.05) is 10.7 Å². The average Bonchev–Trinajstić information content (AvgIpc) is 2.43. The molecule has 0 saturated heterocycles. The van der Waals surface area contributed by atoms with Crippen LogP contribution in [0.5, 0.6) is 0 Å². The lowest BCUT2D eigenvalue weighted by atomic mass is 10.2. The van der Waals surface area contributed by atoms with E-state index >= 15 is 0 Å². The lowest BCUT2D eigenvalue weighted by molar-refractivity contribution is -0.139. The molecule has 0 aliphatic rings. The Bertz CT molecular complexity index is 598. The Morgan fingerprint density at radius 3 is 2.29 bits per heavy atom. The highest BCUT2D eigenvalue weighted by atomic mass is 35.5. The van der Waals surface area contributed by atoms with Gasteiger partial charge in [-0.05, 0) is 45.0 Å². The fourth-order valence-corrected chi connectivity index (χ4v) is 1.68. The fraction of sp³-hybridized carbons (Fsp3) is 0.400. The van der Waals surface area contributed by atoms with Gasteiger partial charge in [-0.2, -0.15) is 0 Å². The van der Waals surface area contributed by atoms with Gasteiger partial charge in [0.1, 0.15) is 11.6 Å². The molecule has 0 unspecified atom stereocenters. The second kappa shape index (κ2) is 8.39. The molecule has 8 nitrogen and oxygen atoms in total. The number of halogens is 1. The highest BCUT2D eigenvalue weighted by molar-refractivity contribution is 6.30. The number of carbonyl (C=O) groups excluding carboxylic acids is 2. The van der Waals surface area contributed by atoms with Crippen molar-refractivity contribution >= 4 is 35.4 Å². The van der Waals surface area contributed by atoms with Crippen molar-refractivity contribution < 1.29 is 24.2 Å². The van der Waals surface area contributed by atoms with Gasteiger partial charge in [-0.15, -0.1) is 0 Å². The molecule has 0 bridgehead atoms. The van der Waals surface area contributed by atoms with Crippen molar-refractivity contribution in [1.82, 2.24) is 10.6 Å². The summed E-state index contributed by atoms with van der Waals surface area (Å²) in [6.45, 7) is 4.72. The molecule has 0 saturated carbocycles. The van der Waals surface area contributed by atoms with Gasteiger partial charge in [0.15, 0.2) is 0 Å². The van der Waals surface area contributed by atoms with Crippen LogP contribution in [0.2, 0.25) is 5.02 Å². The summed E-state index contributed by atoms with van der Waals surface area (Å²) >= 11 is 5.73. The minimum absolute atomic E-state index is 0.321. The third kappa shape index (κ3) is 7.68. The van der Waals surface area contributed by atoms with Crippen LogP contribution in [-0.4, -0.2) is 41.4 Å². The summed E-state index contributed by atoms with van der Waals surface area (Å²) < 4.78 is 5.00. The van der Waals surface area contributed by atoms with Gasteiger partial charge in [0.05, 0.1) is 6.54 Å². The number of carboxylic acids is 1. The Hall–Kier alpha value is -2.48. The molecule has 0 aliphatic heterocycles. The molecule has 4 N–H and O–H groups in total. The first kappa shape index (κ1) is 19.6. The Balaban J connectivity index is 2.53. The summed E-state index contributed by atoms with van der Waals surface area (Å²) in [4.78, 5) is 34.5. The summed E-state index contributed by atoms with van der Waals surface area (Å²) in [7, 11) is 0. The van der Waals surface area contributed by atoms with Crippen molar-refractivity contribution in [3.63, 3.8) is 0 Å². The van der Waals surface area contributed by atoms with Gasteiger partial charge in [-0.25, -0.2) is 14.4 Å². The maximum atomic E-state index is 11.8. The zero-order valence-electron chi connectivity index (χ0n) is 13.6. The van der Waals surface area contributed by atoms with Crippen molar-refractivity contribution in [3.8, 4) is 0 Å². The van der Waals surface area contributed by atoms with Gasteiger partial charge >= 0.3 is 18.1 Å². The van der Waals surface area contributed by atoms with E-state index < -0.39 is 29.7 Å². The second-order valence-corrected chi connectivity index (χ2v) is 6.32. The molecule has 0 aliphatic carbocycles. The summed E-state index contributed by atoms with van der Waals surface area (Å²) in [6, 6.07) is 4.25. The molecule has 132 valence electrons.